The number of amides is 2. The highest BCUT2D eigenvalue weighted by atomic mass is 16.2. The molecule has 0 unspecified atom stereocenters. The first kappa shape index (κ1) is 24.9. The number of likely N-dealkylation sites (tertiary alicyclic amines) is 1. The number of nitrogens with one attached hydrogen (secondary N) is 1. The number of rotatable bonds is 4. The summed E-state index contributed by atoms with van der Waals surface area (Å²) in [5.41, 5.74) is 3.38. The Hall–Kier alpha value is -3.38. The molecule has 0 bridgehead atoms. The van der Waals surface area contributed by atoms with Gasteiger partial charge in [-0.05, 0) is 53.4 Å². The topological polar surface area (TPSA) is 57.6 Å². The molecule has 1 aromatic heterocycles. The van der Waals surface area contributed by atoms with Gasteiger partial charge in [0, 0.05) is 51.5 Å². The van der Waals surface area contributed by atoms with Gasteiger partial charge in [-0.2, -0.15) is 0 Å². The highest BCUT2D eigenvalue weighted by Crippen LogP contribution is 2.49. The zero-order valence-corrected chi connectivity index (χ0v) is 22.1. The van der Waals surface area contributed by atoms with E-state index in [1.807, 2.05) is 47.2 Å². The van der Waals surface area contributed by atoms with Crippen LogP contribution in [0, 0.1) is 11.3 Å². The van der Waals surface area contributed by atoms with Crippen molar-refractivity contribution in [2.24, 2.45) is 11.3 Å². The molecule has 6 rings (SSSR count). The monoisotopic (exact) mass is 510 g/mol. The normalized spacial score (nSPS) is 23.1. The van der Waals surface area contributed by atoms with E-state index in [-0.39, 0.29) is 23.0 Å². The summed E-state index contributed by atoms with van der Waals surface area (Å²) in [6, 6.07) is 24.5. The number of hydrogen-bond donors (Lipinski definition) is 1. The van der Waals surface area contributed by atoms with Crippen LogP contribution in [-0.2, 0) is 6.54 Å². The fourth-order valence-electron chi connectivity index (χ4n) is 7.09. The largest absolute Gasteiger partial charge is 0.324 e. The average molecular weight is 511 g/mol. The number of urea groups is 1. The van der Waals surface area contributed by atoms with Crippen molar-refractivity contribution < 1.29 is 4.79 Å². The van der Waals surface area contributed by atoms with Crippen molar-refractivity contribution in [1.82, 2.24) is 19.7 Å². The molecule has 2 aliphatic heterocycles. The Bertz CT molecular complexity index is 1300. The first-order valence-corrected chi connectivity index (χ1v) is 14.2. The maximum Gasteiger partial charge on any atom is 0.320 e. The van der Waals surface area contributed by atoms with E-state index >= 15 is 0 Å². The Morgan fingerprint density at radius 1 is 0.921 bits per heavy atom. The van der Waals surface area contributed by atoms with Gasteiger partial charge >= 0.3 is 6.03 Å². The third-order valence-electron chi connectivity index (χ3n) is 9.18. The summed E-state index contributed by atoms with van der Waals surface area (Å²) in [7, 11) is 0. The van der Waals surface area contributed by atoms with E-state index in [1.165, 1.54) is 18.4 Å². The maximum absolute atomic E-state index is 13.9. The molecule has 1 N–H and O–H groups in total. The van der Waals surface area contributed by atoms with Crippen LogP contribution in [0.4, 0.5) is 4.79 Å². The minimum atomic E-state index is 0.0597. The van der Waals surface area contributed by atoms with Gasteiger partial charge in [-0.15, -0.1) is 0 Å². The molecular weight excluding hydrogens is 472 g/mol. The fourth-order valence-corrected chi connectivity index (χ4v) is 7.09. The summed E-state index contributed by atoms with van der Waals surface area (Å²) in [5.74, 6) is 0.405. The number of carbonyl (C=O) groups is 1. The van der Waals surface area contributed by atoms with Crippen LogP contribution in [0.25, 0.3) is 11.1 Å². The van der Waals surface area contributed by atoms with Gasteiger partial charge in [0.1, 0.15) is 0 Å². The predicted molar refractivity (Wildman–Crippen MR) is 151 cm³/mol. The van der Waals surface area contributed by atoms with Crippen LogP contribution in [-0.4, -0.2) is 53.1 Å². The number of benzene rings is 2. The molecule has 2 saturated heterocycles. The van der Waals surface area contributed by atoms with Crippen molar-refractivity contribution in [3.63, 3.8) is 0 Å². The van der Waals surface area contributed by atoms with Crippen molar-refractivity contribution in [2.45, 2.75) is 44.7 Å². The molecule has 6 heteroatoms. The molecule has 6 nitrogen and oxygen atoms in total. The van der Waals surface area contributed by atoms with E-state index in [1.54, 1.807) is 6.07 Å². The van der Waals surface area contributed by atoms with Crippen LogP contribution < -0.4 is 10.9 Å². The van der Waals surface area contributed by atoms with Gasteiger partial charge < -0.3 is 19.7 Å². The molecule has 3 fully saturated rings. The second-order valence-corrected chi connectivity index (χ2v) is 11.4. The van der Waals surface area contributed by atoms with E-state index in [2.05, 4.69) is 45.4 Å². The quantitative estimate of drug-likeness (QED) is 0.527. The molecule has 3 aromatic rings. The van der Waals surface area contributed by atoms with Crippen molar-refractivity contribution in [2.75, 3.05) is 32.7 Å². The van der Waals surface area contributed by atoms with E-state index in [9.17, 15) is 9.59 Å². The standard InChI is InChI=1S/C32H38N4O2/c37-30-21-27(25-9-3-1-4-10-25)13-18-34(30)23-28-14-19-35(24-32(28)15-7-8-16-32)31(38)36-20-17-33-22-29(36)26-11-5-2-6-12-26/h1-6,9-13,18,21,28-29,33H,7-8,14-17,19-20,22-24H2/t28-,29-/m0/s1. The molecule has 3 aliphatic rings. The second kappa shape index (κ2) is 10.8. The Morgan fingerprint density at radius 3 is 2.39 bits per heavy atom. The van der Waals surface area contributed by atoms with Gasteiger partial charge in [-0.1, -0.05) is 73.5 Å². The predicted octanol–water partition coefficient (Wildman–Crippen LogP) is 5.16. The van der Waals surface area contributed by atoms with Crippen LogP contribution in [0.15, 0.2) is 83.8 Å². The SMILES string of the molecule is O=C(N1CC[C@@H](Cn2ccc(-c3ccccc3)cc2=O)C2(CCCC2)C1)N1CCNC[C@H]1c1ccccc1. The van der Waals surface area contributed by atoms with Gasteiger partial charge in [-0.3, -0.25) is 4.79 Å². The highest BCUT2D eigenvalue weighted by Gasteiger charge is 2.47. The van der Waals surface area contributed by atoms with Crippen LogP contribution in [0.5, 0.6) is 0 Å². The summed E-state index contributed by atoms with van der Waals surface area (Å²) in [6.07, 6.45) is 7.61. The summed E-state index contributed by atoms with van der Waals surface area (Å²) >= 11 is 0. The minimum absolute atomic E-state index is 0.0597. The lowest BCUT2D eigenvalue weighted by Gasteiger charge is -2.49. The average Bonchev–Trinajstić information content (AvgIpc) is 3.44. The van der Waals surface area contributed by atoms with Crippen LogP contribution in [0.1, 0.15) is 43.7 Å². The number of aromatic nitrogens is 1. The summed E-state index contributed by atoms with van der Waals surface area (Å²) < 4.78 is 1.90. The molecule has 198 valence electrons. The van der Waals surface area contributed by atoms with Crippen molar-refractivity contribution in [1.29, 1.82) is 0 Å². The Balaban J connectivity index is 1.19. The van der Waals surface area contributed by atoms with Gasteiger partial charge in [-0.25, -0.2) is 4.79 Å². The van der Waals surface area contributed by atoms with Gasteiger partial charge in [0.15, 0.2) is 0 Å². The molecule has 1 aliphatic carbocycles. The summed E-state index contributed by atoms with van der Waals surface area (Å²) in [4.78, 5) is 31.3. The Kier molecular flexibility index (Phi) is 7.07. The van der Waals surface area contributed by atoms with Crippen molar-refractivity contribution in [3.8, 4) is 11.1 Å². The van der Waals surface area contributed by atoms with Crippen LogP contribution in [0.3, 0.4) is 0 Å². The Morgan fingerprint density at radius 2 is 1.66 bits per heavy atom. The second-order valence-electron chi connectivity index (χ2n) is 11.4. The van der Waals surface area contributed by atoms with Gasteiger partial charge in [0.05, 0.1) is 6.04 Å². The van der Waals surface area contributed by atoms with E-state index in [0.717, 1.165) is 69.7 Å². The number of hydrogen-bond acceptors (Lipinski definition) is 3. The van der Waals surface area contributed by atoms with Crippen LogP contribution in [0.2, 0.25) is 0 Å². The lowest BCUT2D eigenvalue weighted by molar-refractivity contribution is 0.0235. The molecule has 2 aromatic carbocycles. The zero-order valence-electron chi connectivity index (χ0n) is 22.1. The van der Waals surface area contributed by atoms with Crippen molar-refractivity contribution in [3.05, 3.63) is 94.9 Å². The van der Waals surface area contributed by atoms with Gasteiger partial charge in [0.25, 0.3) is 5.56 Å². The molecular formula is C32H38N4O2. The maximum atomic E-state index is 13.9. The molecule has 3 heterocycles. The lowest BCUT2D eigenvalue weighted by atomic mass is 9.69. The fraction of sp³-hybridized carbons (Fsp3) is 0.438. The smallest absolute Gasteiger partial charge is 0.320 e. The molecule has 2 atom stereocenters. The minimum Gasteiger partial charge on any atom is -0.324 e. The molecule has 0 radical (unpaired) electrons. The van der Waals surface area contributed by atoms with Crippen molar-refractivity contribution >= 4 is 6.03 Å². The first-order chi connectivity index (χ1) is 18.6. The molecule has 1 saturated carbocycles. The first-order valence-electron chi connectivity index (χ1n) is 14.2. The molecule has 38 heavy (non-hydrogen) atoms. The van der Waals surface area contributed by atoms with E-state index in [0.29, 0.717) is 5.92 Å². The molecule has 1 spiro atoms. The van der Waals surface area contributed by atoms with E-state index in [4.69, 9.17) is 0 Å². The van der Waals surface area contributed by atoms with Crippen LogP contribution >= 0.6 is 0 Å². The highest BCUT2D eigenvalue weighted by molar-refractivity contribution is 5.75. The van der Waals surface area contributed by atoms with Gasteiger partial charge in [0.2, 0.25) is 0 Å². The Labute approximate surface area is 225 Å². The van der Waals surface area contributed by atoms with E-state index < -0.39 is 0 Å². The summed E-state index contributed by atoms with van der Waals surface area (Å²) in [6.45, 7) is 4.65. The number of piperazine rings is 1. The number of piperidine rings is 1. The zero-order chi connectivity index (χ0) is 26.0. The third-order valence-corrected chi connectivity index (χ3v) is 9.18. The number of nitrogens with zero attached hydrogens (tertiary/aromatic N) is 3. The lowest BCUT2D eigenvalue weighted by Crippen LogP contribution is -2.58. The number of pyridine rings is 1. The summed E-state index contributed by atoms with van der Waals surface area (Å²) in [5, 5.41) is 3.48. The molecule has 2 amide bonds. The third kappa shape index (κ3) is 4.90. The number of carbonyl (C=O) groups excluding carboxylic acids is 1.